The van der Waals surface area contributed by atoms with Crippen molar-refractivity contribution in [2.45, 2.75) is 13.3 Å². The van der Waals surface area contributed by atoms with E-state index in [2.05, 4.69) is 19.9 Å². The molecule has 0 fully saturated rings. The minimum atomic E-state index is 0.0988. The first-order chi connectivity index (χ1) is 9.22. The number of nitrogen functional groups attached to an aromatic ring is 1. The lowest BCUT2D eigenvalue weighted by Gasteiger charge is -2.06. The number of anilines is 1. The number of rotatable bonds is 5. The van der Waals surface area contributed by atoms with Crippen molar-refractivity contribution in [2.75, 3.05) is 19.5 Å². The van der Waals surface area contributed by atoms with Crippen molar-refractivity contribution in [1.29, 1.82) is 0 Å². The first-order valence-corrected chi connectivity index (χ1v) is 5.86. The first-order valence-electron chi connectivity index (χ1n) is 5.86. The lowest BCUT2D eigenvalue weighted by atomic mass is 10.2. The van der Waals surface area contributed by atoms with E-state index in [1.165, 1.54) is 7.11 Å². The summed E-state index contributed by atoms with van der Waals surface area (Å²) >= 11 is 0. The summed E-state index contributed by atoms with van der Waals surface area (Å²) in [4.78, 5) is 16.1. The van der Waals surface area contributed by atoms with Gasteiger partial charge in [-0.05, 0) is 12.5 Å². The maximum absolute atomic E-state index is 5.60. The smallest absolute Gasteiger partial charge is 0.321 e. The molecule has 0 aliphatic rings. The van der Waals surface area contributed by atoms with Crippen LogP contribution in [0.15, 0.2) is 18.5 Å². The van der Waals surface area contributed by atoms with Crippen LogP contribution >= 0.6 is 0 Å². The van der Waals surface area contributed by atoms with E-state index in [9.17, 15) is 0 Å². The Hall–Kier alpha value is -2.44. The highest BCUT2D eigenvalue weighted by molar-refractivity contribution is 5.56. The van der Waals surface area contributed by atoms with Crippen LogP contribution in [0, 0.1) is 0 Å². The summed E-state index contributed by atoms with van der Waals surface area (Å²) in [5, 5.41) is 0. The Kier molecular flexibility index (Phi) is 4.07. The third-order valence-electron chi connectivity index (χ3n) is 2.26. The van der Waals surface area contributed by atoms with Gasteiger partial charge >= 0.3 is 6.01 Å². The van der Waals surface area contributed by atoms with Crippen LogP contribution in [0.3, 0.4) is 0 Å². The van der Waals surface area contributed by atoms with E-state index >= 15 is 0 Å². The number of nitrogens with zero attached hydrogens (tertiary/aromatic N) is 4. The molecule has 0 amide bonds. The summed E-state index contributed by atoms with van der Waals surface area (Å²) < 4.78 is 10.5. The average Bonchev–Trinajstić information content (AvgIpc) is 2.44. The topological polar surface area (TPSA) is 96.0 Å². The molecule has 0 spiro atoms. The molecular weight excluding hydrogens is 246 g/mol. The number of pyridine rings is 1. The van der Waals surface area contributed by atoms with E-state index in [1.54, 1.807) is 18.5 Å². The molecular formula is C12H15N5O2. The van der Waals surface area contributed by atoms with Crippen molar-refractivity contribution < 1.29 is 9.47 Å². The number of methoxy groups -OCH3 is 1. The van der Waals surface area contributed by atoms with Crippen molar-refractivity contribution in [3.8, 4) is 23.1 Å². The maximum atomic E-state index is 5.60. The largest absolute Gasteiger partial charge is 0.492 e. The molecule has 0 aromatic carbocycles. The molecule has 7 nitrogen and oxygen atoms in total. The summed E-state index contributed by atoms with van der Waals surface area (Å²) in [5.74, 6) is 1.16. The van der Waals surface area contributed by atoms with Crippen molar-refractivity contribution in [3.05, 3.63) is 18.5 Å². The molecule has 2 heterocycles. The van der Waals surface area contributed by atoms with Gasteiger partial charge in [-0.2, -0.15) is 15.0 Å². The molecule has 2 aromatic rings. The van der Waals surface area contributed by atoms with Gasteiger partial charge in [-0.1, -0.05) is 6.92 Å². The molecule has 0 saturated heterocycles. The average molecular weight is 261 g/mol. The Morgan fingerprint density at radius 1 is 1.21 bits per heavy atom. The Balaban J connectivity index is 2.32. The predicted molar refractivity (Wildman–Crippen MR) is 69.8 cm³/mol. The molecule has 0 radical (unpaired) electrons. The highest BCUT2D eigenvalue weighted by atomic mass is 16.5. The third kappa shape index (κ3) is 3.27. The van der Waals surface area contributed by atoms with Gasteiger partial charge in [0.1, 0.15) is 5.75 Å². The summed E-state index contributed by atoms with van der Waals surface area (Å²) in [6.07, 6.45) is 4.20. The minimum absolute atomic E-state index is 0.0988. The predicted octanol–water partition coefficient (Wildman–Crippen LogP) is 1.31. The van der Waals surface area contributed by atoms with Crippen LogP contribution in [-0.2, 0) is 0 Å². The van der Waals surface area contributed by atoms with Crippen LogP contribution in [-0.4, -0.2) is 33.7 Å². The number of aromatic nitrogens is 4. The fourth-order valence-corrected chi connectivity index (χ4v) is 1.43. The molecule has 0 unspecified atom stereocenters. The summed E-state index contributed by atoms with van der Waals surface area (Å²) in [6, 6.07) is 1.97. The van der Waals surface area contributed by atoms with E-state index in [1.807, 2.05) is 6.92 Å². The Morgan fingerprint density at radius 2 is 2.05 bits per heavy atom. The fraction of sp³-hybridized carbons (Fsp3) is 0.333. The Labute approximate surface area is 110 Å². The van der Waals surface area contributed by atoms with Gasteiger partial charge in [0, 0.05) is 11.8 Å². The molecule has 2 rings (SSSR count). The standard InChI is InChI=1S/C12H15N5O2/c1-3-4-19-9-5-8(6-14-7-9)10-15-11(13)17-12(16-10)18-2/h5-7H,3-4H2,1-2H3,(H2,13,15,16,17). The molecule has 19 heavy (non-hydrogen) atoms. The zero-order valence-corrected chi connectivity index (χ0v) is 10.8. The summed E-state index contributed by atoms with van der Waals surface area (Å²) in [5.41, 5.74) is 6.29. The molecule has 0 aliphatic heterocycles. The number of nitrogens with two attached hydrogens (primary N) is 1. The second-order valence-electron chi connectivity index (χ2n) is 3.76. The van der Waals surface area contributed by atoms with Gasteiger partial charge in [0.05, 0.1) is 19.9 Å². The van der Waals surface area contributed by atoms with Gasteiger partial charge in [-0.15, -0.1) is 0 Å². The normalized spacial score (nSPS) is 10.2. The van der Waals surface area contributed by atoms with Crippen molar-refractivity contribution >= 4 is 5.95 Å². The molecule has 0 atom stereocenters. The Morgan fingerprint density at radius 3 is 2.79 bits per heavy atom. The second-order valence-corrected chi connectivity index (χ2v) is 3.76. The van der Waals surface area contributed by atoms with Gasteiger partial charge in [0.2, 0.25) is 5.95 Å². The Bertz CT molecular complexity index is 562. The third-order valence-corrected chi connectivity index (χ3v) is 2.26. The highest BCUT2D eigenvalue weighted by Crippen LogP contribution is 2.21. The van der Waals surface area contributed by atoms with E-state index in [4.69, 9.17) is 15.2 Å². The molecule has 2 aromatic heterocycles. The first kappa shape index (κ1) is 13.0. The fourth-order valence-electron chi connectivity index (χ4n) is 1.43. The molecule has 0 aliphatic carbocycles. The zero-order valence-electron chi connectivity index (χ0n) is 10.8. The molecule has 100 valence electrons. The van der Waals surface area contributed by atoms with Gasteiger partial charge < -0.3 is 15.2 Å². The monoisotopic (exact) mass is 261 g/mol. The van der Waals surface area contributed by atoms with Crippen LogP contribution in [0.25, 0.3) is 11.4 Å². The zero-order chi connectivity index (χ0) is 13.7. The van der Waals surface area contributed by atoms with Gasteiger partial charge in [-0.25, -0.2) is 0 Å². The molecule has 2 N–H and O–H groups in total. The van der Waals surface area contributed by atoms with Crippen molar-refractivity contribution in [1.82, 2.24) is 19.9 Å². The van der Waals surface area contributed by atoms with Gasteiger partial charge in [0.15, 0.2) is 5.82 Å². The van der Waals surface area contributed by atoms with Crippen molar-refractivity contribution in [3.63, 3.8) is 0 Å². The van der Waals surface area contributed by atoms with E-state index in [0.29, 0.717) is 23.7 Å². The molecule has 0 saturated carbocycles. The van der Waals surface area contributed by atoms with Gasteiger partial charge in [0.25, 0.3) is 0 Å². The van der Waals surface area contributed by atoms with E-state index in [-0.39, 0.29) is 12.0 Å². The minimum Gasteiger partial charge on any atom is -0.492 e. The second kappa shape index (κ2) is 5.94. The van der Waals surface area contributed by atoms with Crippen LogP contribution in [0.5, 0.6) is 11.8 Å². The quantitative estimate of drug-likeness (QED) is 0.866. The molecule has 0 bridgehead atoms. The molecule has 7 heteroatoms. The van der Waals surface area contributed by atoms with E-state index < -0.39 is 0 Å². The van der Waals surface area contributed by atoms with E-state index in [0.717, 1.165) is 6.42 Å². The van der Waals surface area contributed by atoms with Crippen LogP contribution < -0.4 is 15.2 Å². The van der Waals surface area contributed by atoms with Gasteiger partial charge in [-0.3, -0.25) is 4.98 Å². The maximum Gasteiger partial charge on any atom is 0.321 e. The SMILES string of the molecule is CCCOc1cncc(-c2nc(N)nc(OC)n2)c1. The van der Waals surface area contributed by atoms with Crippen LogP contribution in [0.4, 0.5) is 5.95 Å². The lowest BCUT2D eigenvalue weighted by molar-refractivity contribution is 0.316. The van der Waals surface area contributed by atoms with Crippen molar-refractivity contribution in [2.24, 2.45) is 0 Å². The highest BCUT2D eigenvalue weighted by Gasteiger charge is 2.08. The van der Waals surface area contributed by atoms with Crippen LogP contribution in [0.1, 0.15) is 13.3 Å². The number of hydrogen-bond donors (Lipinski definition) is 1. The summed E-state index contributed by atoms with van der Waals surface area (Å²) in [7, 11) is 1.47. The van der Waals surface area contributed by atoms with Crippen LogP contribution in [0.2, 0.25) is 0 Å². The summed E-state index contributed by atoms with van der Waals surface area (Å²) in [6.45, 7) is 2.67. The number of ether oxygens (including phenoxy) is 2. The number of hydrogen-bond acceptors (Lipinski definition) is 7. The lowest BCUT2D eigenvalue weighted by Crippen LogP contribution is -2.03.